The van der Waals surface area contributed by atoms with Gasteiger partial charge in [-0.3, -0.25) is 4.79 Å². The van der Waals surface area contributed by atoms with Gasteiger partial charge < -0.3 is 9.30 Å². The molecule has 2 aromatic carbocycles. The highest BCUT2D eigenvalue weighted by molar-refractivity contribution is 6.30. The second kappa shape index (κ2) is 7.87. The van der Waals surface area contributed by atoms with Crippen molar-refractivity contribution in [1.82, 2.24) is 14.3 Å². The number of carbonyl (C=O) groups excluding carboxylic acids is 1. The van der Waals surface area contributed by atoms with Crippen molar-refractivity contribution >= 4 is 23.2 Å². The molecule has 28 heavy (non-hydrogen) atoms. The topological polar surface area (TPSA) is 37.6 Å². The molecule has 0 aliphatic rings. The molecule has 1 amide bonds. The fraction of sp³-hybridized carbons (Fsp3) is 0.130. The third-order valence-corrected chi connectivity index (χ3v) is 5.01. The van der Waals surface area contributed by atoms with Gasteiger partial charge in [0.25, 0.3) is 0 Å². The molecule has 0 saturated carbocycles. The highest BCUT2D eigenvalue weighted by Gasteiger charge is 2.18. The van der Waals surface area contributed by atoms with Crippen LogP contribution in [0.5, 0.6) is 0 Å². The molecular weight excluding hydrogens is 370 g/mol. The summed E-state index contributed by atoms with van der Waals surface area (Å²) in [5, 5.41) is 0.684. The number of rotatable bonds is 5. The molecule has 0 atom stereocenters. The quantitative estimate of drug-likeness (QED) is 0.489. The Hall–Kier alpha value is -3.11. The largest absolute Gasteiger partial charge is 0.340 e. The van der Waals surface area contributed by atoms with Gasteiger partial charge in [-0.2, -0.15) is 0 Å². The van der Waals surface area contributed by atoms with E-state index in [-0.39, 0.29) is 5.91 Å². The van der Waals surface area contributed by atoms with Gasteiger partial charge in [0.05, 0.1) is 24.4 Å². The Morgan fingerprint density at radius 2 is 1.71 bits per heavy atom. The van der Waals surface area contributed by atoms with E-state index >= 15 is 0 Å². The molecule has 0 bridgehead atoms. The zero-order chi connectivity index (χ0) is 19.5. The van der Waals surface area contributed by atoms with E-state index in [1.54, 1.807) is 4.90 Å². The number of carbonyl (C=O) groups is 1. The molecule has 2 aromatic heterocycles. The van der Waals surface area contributed by atoms with Gasteiger partial charge in [-0.25, -0.2) is 4.98 Å². The summed E-state index contributed by atoms with van der Waals surface area (Å²) in [5.41, 5.74) is 4.68. The van der Waals surface area contributed by atoms with Crippen LogP contribution in [0.4, 0.5) is 0 Å². The summed E-state index contributed by atoms with van der Waals surface area (Å²) in [4.78, 5) is 19.3. The first-order chi connectivity index (χ1) is 13.6. The van der Waals surface area contributed by atoms with Crippen molar-refractivity contribution in [2.24, 2.45) is 0 Å². The number of fused-ring (bicyclic) bond motifs is 1. The second-order valence-electron chi connectivity index (χ2n) is 6.76. The van der Waals surface area contributed by atoms with E-state index in [0.29, 0.717) is 18.0 Å². The van der Waals surface area contributed by atoms with Crippen molar-refractivity contribution in [1.29, 1.82) is 0 Å². The number of amides is 1. The molecule has 0 N–H and O–H groups in total. The number of likely N-dealkylation sites (N-methyl/N-ethyl adjacent to an activating group) is 1. The molecule has 0 radical (unpaired) electrons. The summed E-state index contributed by atoms with van der Waals surface area (Å²) in [5.74, 6) is 0.0686. The maximum Gasteiger partial charge on any atom is 0.227 e. The molecule has 0 saturated heterocycles. The molecule has 0 aliphatic carbocycles. The minimum atomic E-state index is 0.0686. The van der Waals surface area contributed by atoms with Crippen LogP contribution in [0, 0.1) is 0 Å². The Balaban J connectivity index is 1.66. The molecule has 0 fully saturated rings. The summed E-state index contributed by atoms with van der Waals surface area (Å²) in [6, 6.07) is 23.3. The number of halogens is 1. The minimum Gasteiger partial charge on any atom is -0.340 e. The van der Waals surface area contributed by atoms with Crippen LogP contribution in [0.25, 0.3) is 16.9 Å². The van der Waals surface area contributed by atoms with Crippen LogP contribution in [0.15, 0.2) is 79.0 Å². The first-order valence-electron chi connectivity index (χ1n) is 9.11. The molecule has 2 heterocycles. The number of pyridine rings is 1. The van der Waals surface area contributed by atoms with E-state index in [1.807, 2.05) is 90.4 Å². The molecular formula is C23H20ClN3O. The van der Waals surface area contributed by atoms with Crippen molar-refractivity contribution in [2.45, 2.75) is 13.0 Å². The lowest BCUT2D eigenvalue weighted by molar-refractivity contribution is -0.129. The van der Waals surface area contributed by atoms with Crippen molar-refractivity contribution < 1.29 is 4.79 Å². The van der Waals surface area contributed by atoms with Crippen LogP contribution < -0.4 is 0 Å². The molecule has 4 aromatic rings. The Kier molecular flexibility index (Phi) is 5.13. The third kappa shape index (κ3) is 3.78. The van der Waals surface area contributed by atoms with Crippen molar-refractivity contribution in [2.75, 3.05) is 7.05 Å². The Morgan fingerprint density at radius 1 is 1.00 bits per heavy atom. The zero-order valence-electron chi connectivity index (χ0n) is 15.5. The number of hydrogen-bond donors (Lipinski definition) is 0. The Bertz CT molecular complexity index is 1100. The normalized spacial score (nSPS) is 10.9. The van der Waals surface area contributed by atoms with Crippen LogP contribution in [0.3, 0.4) is 0 Å². The van der Waals surface area contributed by atoms with Crippen LogP contribution in [-0.4, -0.2) is 27.2 Å². The van der Waals surface area contributed by atoms with Crippen LogP contribution >= 0.6 is 11.6 Å². The van der Waals surface area contributed by atoms with Gasteiger partial charge >= 0.3 is 0 Å². The first kappa shape index (κ1) is 18.3. The maximum atomic E-state index is 12.7. The van der Waals surface area contributed by atoms with Crippen LogP contribution in [0.1, 0.15) is 11.3 Å². The first-order valence-corrected chi connectivity index (χ1v) is 9.49. The lowest BCUT2D eigenvalue weighted by atomic mass is 10.1. The maximum absolute atomic E-state index is 12.7. The van der Waals surface area contributed by atoms with E-state index in [0.717, 1.165) is 28.2 Å². The van der Waals surface area contributed by atoms with Gasteiger partial charge in [-0.05, 0) is 29.8 Å². The molecule has 0 unspecified atom stereocenters. The lowest BCUT2D eigenvalue weighted by Crippen LogP contribution is -2.28. The van der Waals surface area contributed by atoms with Gasteiger partial charge in [-0.1, -0.05) is 60.1 Å². The third-order valence-electron chi connectivity index (χ3n) is 4.76. The molecule has 140 valence electrons. The van der Waals surface area contributed by atoms with Gasteiger partial charge in [0, 0.05) is 23.8 Å². The molecule has 0 spiro atoms. The average molecular weight is 390 g/mol. The van der Waals surface area contributed by atoms with Gasteiger partial charge in [0.15, 0.2) is 0 Å². The van der Waals surface area contributed by atoms with E-state index in [4.69, 9.17) is 16.6 Å². The zero-order valence-corrected chi connectivity index (χ0v) is 16.3. The Morgan fingerprint density at radius 3 is 2.46 bits per heavy atom. The van der Waals surface area contributed by atoms with Crippen LogP contribution in [-0.2, 0) is 17.8 Å². The summed E-state index contributed by atoms with van der Waals surface area (Å²) in [6.07, 6.45) is 2.36. The number of aromatic nitrogens is 2. The van der Waals surface area contributed by atoms with E-state index in [1.165, 1.54) is 0 Å². The van der Waals surface area contributed by atoms with Gasteiger partial charge in [0.1, 0.15) is 5.65 Å². The predicted octanol–water partition coefficient (Wildman–Crippen LogP) is 4.86. The molecule has 0 aliphatic heterocycles. The fourth-order valence-electron chi connectivity index (χ4n) is 3.25. The standard InChI is InChI=1S/C23H20ClN3O/c1-26(22(28)15-17-7-3-2-4-8-17)16-20-23(18-10-12-19(24)13-11-18)25-21-9-5-6-14-27(20)21/h2-14H,15-16H2,1H3. The van der Waals surface area contributed by atoms with Gasteiger partial charge in [-0.15, -0.1) is 0 Å². The highest BCUT2D eigenvalue weighted by atomic mass is 35.5. The van der Waals surface area contributed by atoms with E-state index < -0.39 is 0 Å². The number of hydrogen-bond acceptors (Lipinski definition) is 2. The summed E-state index contributed by atoms with van der Waals surface area (Å²) >= 11 is 6.04. The number of nitrogens with zero attached hydrogens (tertiary/aromatic N) is 3. The molecule has 4 nitrogen and oxygen atoms in total. The average Bonchev–Trinajstić information content (AvgIpc) is 3.08. The minimum absolute atomic E-state index is 0.0686. The van der Waals surface area contributed by atoms with Crippen molar-refractivity contribution in [3.8, 4) is 11.3 Å². The SMILES string of the molecule is CN(Cc1c(-c2ccc(Cl)cc2)nc2ccccn12)C(=O)Cc1ccccc1. The van der Waals surface area contributed by atoms with Gasteiger partial charge in [0.2, 0.25) is 5.91 Å². The highest BCUT2D eigenvalue weighted by Crippen LogP contribution is 2.27. The summed E-state index contributed by atoms with van der Waals surface area (Å²) in [7, 11) is 1.83. The van der Waals surface area contributed by atoms with E-state index in [2.05, 4.69) is 0 Å². The molecule has 5 heteroatoms. The number of benzene rings is 2. The second-order valence-corrected chi connectivity index (χ2v) is 7.19. The Labute approximate surface area is 169 Å². The van der Waals surface area contributed by atoms with Crippen LogP contribution in [0.2, 0.25) is 5.02 Å². The summed E-state index contributed by atoms with van der Waals surface area (Å²) < 4.78 is 2.04. The smallest absolute Gasteiger partial charge is 0.227 e. The lowest BCUT2D eigenvalue weighted by Gasteiger charge is -2.18. The predicted molar refractivity (Wildman–Crippen MR) is 112 cm³/mol. The van der Waals surface area contributed by atoms with E-state index in [9.17, 15) is 4.79 Å². The van der Waals surface area contributed by atoms with Crippen molar-refractivity contribution in [3.63, 3.8) is 0 Å². The number of imidazole rings is 1. The van der Waals surface area contributed by atoms with Crippen molar-refractivity contribution in [3.05, 3.63) is 95.3 Å². The fourth-order valence-corrected chi connectivity index (χ4v) is 3.38. The monoisotopic (exact) mass is 389 g/mol. The summed E-state index contributed by atoms with van der Waals surface area (Å²) in [6.45, 7) is 0.467. The molecule has 4 rings (SSSR count).